The summed E-state index contributed by atoms with van der Waals surface area (Å²) < 4.78 is 27.2. The number of hydrogen-bond donors (Lipinski definition) is 2. The van der Waals surface area contributed by atoms with Crippen LogP contribution in [0.2, 0.25) is 0 Å². The lowest BCUT2D eigenvalue weighted by molar-refractivity contribution is 0.130. The molecule has 0 aliphatic carbocycles. The fourth-order valence-corrected chi connectivity index (χ4v) is 3.16. The van der Waals surface area contributed by atoms with Gasteiger partial charge in [-0.25, -0.2) is 28.5 Å². The highest BCUT2D eigenvalue weighted by atomic mass is 19.1. The topological polar surface area (TPSA) is 97.0 Å². The van der Waals surface area contributed by atoms with E-state index in [1.54, 1.807) is 23.4 Å². The molecule has 1 aromatic carbocycles. The third-order valence-electron chi connectivity index (χ3n) is 4.69. The van der Waals surface area contributed by atoms with Crippen LogP contribution in [0.1, 0.15) is 5.82 Å². The van der Waals surface area contributed by atoms with Gasteiger partial charge in [0.05, 0.1) is 11.4 Å². The third-order valence-corrected chi connectivity index (χ3v) is 4.69. The Morgan fingerprint density at radius 2 is 1.93 bits per heavy atom. The van der Waals surface area contributed by atoms with E-state index in [1.807, 2.05) is 0 Å². The average molecular weight is 396 g/mol. The first-order valence-electron chi connectivity index (χ1n) is 9.03. The van der Waals surface area contributed by atoms with E-state index < -0.39 is 11.6 Å². The second-order valence-electron chi connectivity index (χ2n) is 6.83. The molecule has 2 aromatic heterocycles. The molecule has 7 nitrogen and oxygen atoms in total. The molecule has 0 saturated carbocycles. The van der Waals surface area contributed by atoms with E-state index in [0.29, 0.717) is 19.5 Å². The van der Waals surface area contributed by atoms with E-state index in [9.17, 15) is 13.6 Å². The molecule has 4 rings (SSSR count). The van der Waals surface area contributed by atoms with Crippen molar-refractivity contribution >= 4 is 17.5 Å². The van der Waals surface area contributed by atoms with Crippen LogP contribution in [-0.4, -0.2) is 39.0 Å². The van der Waals surface area contributed by atoms with Gasteiger partial charge in [-0.3, -0.25) is 5.32 Å². The summed E-state index contributed by atoms with van der Waals surface area (Å²) in [6.45, 7) is 1.13. The van der Waals surface area contributed by atoms with Gasteiger partial charge >= 0.3 is 6.03 Å². The van der Waals surface area contributed by atoms with Crippen molar-refractivity contribution in [3.05, 3.63) is 66.3 Å². The van der Waals surface area contributed by atoms with Crippen LogP contribution < -0.4 is 11.1 Å². The van der Waals surface area contributed by atoms with Crippen molar-refractivity contribution in [1.82, 2.24) is 19.9 Å². The molecule has 1 aliphatic heterocycles. The zero-order chi connectivity index (χ0) is 20.4. The zero-order valence-electron chi connectivity index (χ0n) is 15.3. The van der Waals surface area contributed by atoms with Gasteiger partial charge in [-0.1, -0.05) is 0 Å². The molecule has 3 aromatic rings. The first-order chi connectivity index (χ1) is 14.0. The third kappa shape index (κ3) is 4.13. The van der Waals surface area contributed by atoms with Crippen molar-refractivity contribution in [2.45, 2.75) is 6.42 Å². The van der Waals surface area contributed by atoms with E-state index in [4.69, 9.17) is 5.73 Å². The van der Waals surface area contributed by atoms with Gasteiger partial charge in [0.15, 0.2) is 5.82 Å². The fourth-order valence-electron chi connectivity index (χ4n) is 3.16. The molecule has 29 heavy (non-hydrogen) atoms. The number of likely N-dealkylation sites (tertiary alicyclic amines) is 1. The first kappa shape index (κ1) is 18.7. The van der Waals surface area contributed by atoms with Gasteiger partial charge in [0.25, 0.3) is 0 Å². The number of anilines is 2. The number of carbonyl (C=O) groups excluding carboxylic acids is 1. The number of pyridine rings is 1. The van der Waals surface area contributed by atoms with E-state index in [-0.39, 0.29) is 34.7 Å². The Labute approximate surface area is 165 Å². The van der Waals surface area contributed by atoms with E-state index in [1.165, 1.54) is 18.2 Å². The number of urea groups is 1. The molecule has 3 N–H and O–H groups in total. The monoisotopic (exact) mass is 396 g/mol. The van der Waals surface area contributed by atoms with Crippen molar-refractivity contribution < 1.29 is 13.6 Å². The van der Waals surface area contributed by atoms with Crippen molar-refractivity contribution in [2.75, 3.05) is 24.1 Å². The van der Waals surface area contributed by atoms with Gasteiger partial charge in [0, 0.05) is 49.5 Å². The minimum Gasteiger partial charge on any atom is -0.396 e. The quantitative estimate of drug-likeness (QED) is 0.706. The maximum atomic E-state index is 14.0. The summed E-state index contributed by atoms with van der Waals surface area (Å²) in [4.78, 5) is 26.7. The minimum absolute atomic E-state index is 0.119. The van der Waals surface area contributed by atoms with Crippen molar-refractivity contribution in [3.63, 3.8) is 0 Å². The number of nitrogens with zero attached hydrogens (tertiary/aromatic N) is 4. The highest BCUT2D eigenvalue weighted by Crippen LogP contribution is 2.27. The van der Waals surface area contributed by atoms with Crippen LogP contribution in [0.15, 0.2) is 48.8 Å². The summed E-state index contributed by atoms with van der Waals surface area (Å²) >= 11 is 0. The average Bonchev–Trinajstić information content (AvgIpc) is 2.67. The number of halogens is 2. The first-order valence-corrected chi connectivity index (χ1v) is 9.03. The van der Waals surface area contributed by atoms with Gasteiger partial charge < -0.3 is 10.6 Å². The molecule has 0 radical (unpaired) electrons. The smallest absolute Gasteiger partial charge is 0.323 e. The number of nitrogen functional groups attached to an aromatic ring is 1. The lowest BCUT2D eigenvalue weighted by atomic mass is 9.96. The van der Waals surface area contributed by atoms with Gasteiger partial charge in [-0.2, -0.15) is 0 Å². The number of nitrogens with one attached hydrogen (secondary N) is 1. The Hall–Kier alpha value is -3.62. The maximum absolute atomic E-state index is 14.0. The van der Waals surface area contributed by atoms with Crippen molar-refractivity contribution in [3.8, 4) is 11.3 Å². The molecule has 1 saturated heterocycles. The molecule has 1 fully saturated rings. The summed E-state index contributed by atoms with van der Waals surface area (Å²) in [5.74, 6) is -0.256. The molecular weight excluding hydrogens is 378 g/mol. The van der Waals surface area contributed by atoms with Crippen molar-refractivity contribution in [2.24, 2.45) is 5.92 Å². The Morgan fingerprint density at radius 1 is 1.17 bits per heavy atom. The van der Waals surface area contributed by atoms with Crippen molar-refractivity contribution in [1.29, 1.82) is 0 Å². The molecule has 1 aliphatic rings. The van der Waals surface area contributed by atoms with E-state index in [0.717, 1.165) is 18.0 Å². The SMILES string of the molecule is Nc1ccc(-c2ccc(F)cc2F)nc1NC(=O)N1CC(Cc2ncccn2)C1. The van der Waals surface area contributed by atoms with E-state index >= 15 is 0 Å². The Morgan fingerprint density at radius 3 is 2.66 bits per heavy atom. The van der Waals surface area contributed by atoms with Gasteiger partial charge in [-0.05, 0) is 30.3 Å². The number of rotatable bonds is 4. The van der Waals surface area contributed by atoms with Crippen LogP contribution in [0.25, 0.3) is 11.3 Å². The van der Waals surface area contributed by atoms with Gasteiger partial charge in [-0.15, -0.1) is 0 Å². The van der Waals surface area contributed by atoms with Crippen LogP contribution >= 0.6 is 0 Å². The summed E-state index contributed by atoms with van der Waals surface area (Å²) in [5.41, 5.74) is 6.51. The number of aromatic nitrogens is 3. The second kappa shape index (κ2) is 7.78. The van der Waals surface area contributed by atoms with Crippen LogP contribution in [0.4, 0.5) is 25.1 Å². The fraction of sp³-hybridized carbons (Fsp3) is 0.200. The summed E-state index contributed by atoms with van der Waals surface area (Å²) in [5, 5.41) is 2.66. The predicted molar refractivity (Wildman–Crippen MR) is 104 cm³/mol. The predicted octanol–water partition coefficient (Wildman–Crippen LogP) is 3.11. The largest absolute Gasteiger partial charge is 0.396 e. The molecule has 0 bridgehead atoms. The second-order valence-corrected chi connectivity index (χ2v) is 6.83. The minimum atomic E-state index is -0.742. The Bertz CT molecular complexity index is 1040. The number of amides is 2. The number of nitrogens with two attached hydrogens (primary N) is 1. The highest BCUT2D eigenvalue weighted by molar-refractivity contribution is 5.92. The summed E-state index contributed by atoms with van der Waals surface area (Å²) in [6, 6.07) is 7.67. The van der Waals surface area contributed by atoms with E-state index in [2.05, 4.69) is 20.3 Å². The molecule has 148 valence electrons. The van der Waals surface area contributed by atoms with Crippen LogP contribution in [0.3, 0.4) is 0 Å². The molecule has 0 spiro atoms. The van der Waals surface area contributed by atoms with Gasteiger partial charge in [0.1, 0.15) is 17.5 Å². The van der Waals surface area contributed by atoms with Gasteiger partial charge in [0.2, 0.25) is 0 Å². The molecular formula is C20H18F2N6O. The molecule has 2 amide bonds. The molecule has 9 heteroatoms. The molecule has 0 unspecified atom stereocenters. The highest BCUT2D eigenvalue weighted by Gasteiger charge is 2.31. The standard InChI is InChI=1S/C20H18F2N6O/c21-13-2-3-14(15(22)9-13)17-5-4-16(23)19(26-17)27-20(29)28-10-12(11-28)8-18-24-6-1-7-25-18/h1-7,9,12H,8,10-11,23H2,(H,26,27,29). The Balaban J connectivity index is 1.41. The van der Waals surface area contributed by atoms with Crippen LogP contribution in [-0.2, 0) is 6.42 Å². The number of carbonyl (C=O) groups is 1. The maximum Gasteiger partial charge on any atom is 0.323 e. The number of hydrogen-bond acceptors (Lipinski definition) is 5. The summed E-state index contributed by atoms with van der Waals surface area (Å²) in [7, 11) is 0. The zero-order valence-corrected chi connectivity index (χ0v) is 15.3. The lowest BCUT2D eigenvalue weighted by Gasteiger charge is -2.38. The molecule has 3 heterocycles. The Kier molecular flexibility index (Phi) is 5.03. The number of benzene rings is 1. The summed E-state index contributed by atoms with van der Waals surface area (Å²) in [6.07, 6.45) is 4.08. The van der Waals surface area contributed by atoms with Crippen LogP contribution in [0.5, 0.6) is 0 Å². The van der Waals surface area contributed by atoms with Crippen LogP contribution in [0, 0.1) is 17.6 Å². The normalized spacial score (nSPS) is 13.8. The molecule has 0 atom stereocenters. The lowest BCUT2D eigenvalue weighted by Crippen LogP contribution is -2.52.